The zero-order valence-corrected chi connectivity index (χ0v) is 16.1. The Kier molecular flexibility index (Phi) is 15.6. The van der Waals surface area contributed by atoms with Crippen LogP contribution in [0.15, 0.2) is 4.99 Å². The molecule has 25 heavy (non-hydrogen) atoms. The first-order valence-electron chi connectivity index (χ1n) is 9.96. The Bertz CT molecular complexity index is 355. The number of rotatable bonds is 13. The van der Waals surface area contributed by atoms with Gasteiger partial charge in [-0.25, -0.2) is 4.99 Å². The standard InChI is InChI=1S/C18H36N2O.CH2O3/c1-3-4-5-6-7-8-9-10-11-12-13-14-18-19-15-16-20(18)17(2)21;2-1(3)4/h17,21H,3-16H2,1-2H3;(H2,2,3,4). The molecule has 1 rings (SSSR count). The van der Waals surface area contributed by atoms with E-state index in [1.807, 2.05) is 6.92 Å². The fraction of sp³-hybridized carbons (Fsp3) is 0.895. The molecule has 0 saturated heterocycles. The van der Waals surface area contributed by atoms with E-state index in [2.05, 4.69) is 11.9 Å². The summed E-state index contributed by atoms with van der Waals surface area (Å²) in [6.45, 7) is 6.02. The number of hydrogen-bond acceptors (Lipinski definition) is 4. The Labute approximate surface area is 153 Å². The van der Waals surface area contributed by atoms with Crippen LogP contribution < -0.4 is 10.0 Å². The van der Waals surface area contributed by atoms with E-state index < -0.39 is 6.16 Å². The topological polar surface area (TPSA) is 97.4 Å². The van der Waals surface area contributed by atoms with Gasteiger partial charge in [0.1, 0.15) is 6.54 Å². The minimum absolute atomic E-state index is 0.293. The largest absolute Gasteiger partial charge is 0.565 e. The average molecular weight is 359 g/mol. The maximum atomic E-state index is 9.68. The van der Waals surface area contributed by atoms with Gasteiger partial charge in [0.15, 0.2) is 12.1 Å². The molecule has 148 valence electrons. The number of aliphatic hydroxyl groups excluding tert-OH is 1. The van der Waals surface area contributed by atoms with Crippen molar-refractivity contribution in [3.8, 4) is 0 Å². The van der Waals surface area contributed by atoms with Crippen molar-refractivity contribution in [2.24, 2.45) is 4.99 Å². The molecule has 1 heterocycles. The normalized spacial score (nSPS) is 17.6. The molecular weight excluding hydrogens is 320 g/mol. The number of aliphatic hydroxyl groups is 1. The lowest BCUT2D eigenvalue weighted by molar-refractivity contribution is -0.853. The van der Waals surface area contributed by atoms with Crippen molar-refractivity contribution in [1.82, 2.24) is 0 Å². The molecule has 2 atom stereocenters. The monoisotopic (exact) mass is 358 g/mol. The van der Waals surface area contributed by atoms with Crippen LogP contribution in [-0.2, 0) is 0 Å². The van der Waals surface area contributed by atoms with Crippen LogP contribution in [0.4, 0.5) is 4.79 Å². The Morgan fingerprint density at radius 3 is 1.96 bits per heavy atom. The van der Waals surface area contributed by atoms with Crippen molar-refractivity contribution < 1.29 is 25.0 Å². The molecule has 0 amide bonds. The molecular formula is C19H38N2O4. The lowest BCUT2D eigenvalue weighted by Gasteiger charge is -2.17. The van der Waals surface area contributed by atoms with Gasteiger partial charge in [-0.1, -0.05) is 71.1 Å². The zero-order chi connectivity index (χ0) is 18.9. The molecule has 0 aliphatic carbocycles. The summed E-state index contributed by atoms with van der Waals surface area (Å²) in [5.41, 5.74) is 0. The van der Waals surface area contributed by atoms with Gasteiger partial charge >= 0.3 is 0 Å². The predicted octanol–water partition coefficient (Wildman–Crippen LogP) is 2.21. The van der Waals surface area contributed by atoms with E-state index >= 15 is 0 Å². The number of hydrogen-bond donors (Lipinski definition) is 3. The first-order chi connectivity index (χ1) is 12.0. The molecule has 1 aliphatic heterocycles. The molecule has 0 spiro atoms. The number of amidine groups is 1. The fourth-order valence-corrected chi connectivity index (χ4v) is 3.20. The smallest absolute Gasteiger partial charge is 0.249 e. The minimum Gasteiger partial charge on any atom is -0.565 e. The molecule has 0 radical (unpaired) electrons. The quantitative estimate of drug-likeness (QED) is 0.440. The van der Waals surface area contributed by atoms with Crippen LogP contribution in [0.1, 0.15) is 90.9 Å². The van der Waals surface area contributed by atoms with E-state index in [4.69, 9.17) is 15.0 Å². The Balaban J connectivity index is 0.00000129. The molecule has 0 bridgehead atoms. The highest BCUT2D eigenvalue weighted by Crippen LogP contribution is 2.12. The van der Waals surface area contributed by atoms with Gasteiger partial charge < -0.3 is 20.1 Å². The average Bonchev–Trinajstić information content (AvgIpc) is 3.01. The van der Waals surface area contributed by atoms with Crippen LogP contribution in [0.2, 0.25) is 0 Å². The molecule has 6 heteroatoms. The van der Waals surface area contributed by atoms with Crippen LogP contribution in [0.3, 0.4) is 0 Å². The fourth-order valence-electron chi connectivity index (χ4n) is 3.20. The van der Waals surface area contributed by atoms with Crippen molar-refractivity contribution >= 4 is 12.0 Å². The first kappa shape index (κ1) is 23.9. The Hall–Kier alpha value is -1.14. The van der Waals surface area contributed by atoms with Gasteiger partial charge in [0.05, 0.1) is 6.54 Å². The highest BCUT2D eigenvalue weighted by molar-refractivity contribution is 5.74. The van der Waals surface area contributed by atoms with Gasteiger partial charge in [0, 0.05) is 13.3 Å². The second-order valence-corrected chi connectivity index (χ2v) is 6.83. The van der Waals surface area contributed by atoms with E-state index in [0.29, 0.717) is 0 Å². The molecule has 1 aliphatic rings. The van der Waals surface area contributed by atoms with E-state index in [0.717, 1.165) is 19.5 Å². The third kappa shape index (κ3) is 14.9. The number of aliphatic imine (C=N–C) groups is 1. The maximum absolute atomic E-state index is 9.68. The van der Waals surface area contributed by atoms with E-state index in [9.17, 15) is 5.11 Å². The third-order valence-electron chi connectivity index (χ3n) is 4.58. The van der Waals surface area contributed by atoms with Gasteiger partial charge in [-0.15, -0.1) is 0 Å². The molecule has 3 N–H and O–H groups in total. The van der Waals surface area contributed by atoms with Gasteiger partial charge in [-0.2, -0.15) is 0 Å². The molecule has 0 aromatic carbocycles. The lowest BCUT2D eigenvalue weighted by atomic mass is 10.1. The van der Waals surface area contributed by atoms with Crippen LogP contribution in [0.5, 0.6) is 0 Å². The summed E-state index contributed by atoms with van der Waals surface area (Å²) >= 11 is 0. The molecule has 0 saturated carbocycles. The third-order valence-corrected chi connectivity index (χ3v) is 4.58. The van der Waals surface area contributed by atoms with Crippen LogP contribution in [0, 0.1) is 0 Å². The van der Waals surface area contributed by atoms with Crippen molar-refractivity contribution in [3.63, 3.8) is 0 Å². The van der Waals surface area contributed by atoms with Crippen LogP contribution in [0.25, 0.3) is 0 Å². The Morgan fingerprint density at radius 1 is 1.08 bits per heavy atom. The SMILES string of the molecule is CCCCCCCCCCCCCC1=NCC[NH+]1C(C)O.O=C([O-])O. The summed E-state index contributed by atoms with van der Waals surface area (Å²) in [6.07, 6.45) is 13.9. The molecule has 6 nitrogen and oxygen atoms in total. The predicted molar refractivity (Wildman–Crippen MR) is 98.9 cm³/mol. The maximum Gasteiger partial charge on any atom is 0.249 e. The van der Waals surface area contributed by atoms with Crippen molar-refractivity contribution in [2.75, 3.05) is 13.1 Å². The van der Waals surface area contributed by atoms with Gasteiger partial charge in [0.25, 0.3) is 0 Å². The highest BCUT2D eigenvalue weighted by atomic mass is 16.6. The van der Waals surface area contributed by atoms with Gasteiger partial charge in [0.2, 0.25) is 6.16 Å². The van der Waals surface area contributed by atoms with E-state index in [-0.39, 0.29) is 6.23 Å². The number of unbranched alkanes of at least 4 members (excludes halogenated alkanes) is 10. The number of quaternary nitrogens is 1. The second kappa shape index (κ2) is 16.3. The molecule has 0 aromatic heterocycles. The van der Waals surface area contributed by atoms with Crippen molar-refractivity contribution in [3.05, 3.63) is 0 Å². The summed E-state index contributed by atoms with van der Waals surface area (Å²) in [7, 11) is 0. The lowest BCUT2D eigenvalue weighted by Crippen LogP contribution is -3.16. The van der Waals surface area contributed by atoms with Gasteiger partial charge in [-0.05, 0) is 6.42 Å². The second-order valence-electron chi connectivity index (χ2n) is 6.83. The molecule has 2 unspecified atom stereocenters. The molecule has 0 aromatic rings. The first-order valence-corrected chi connectivity index (χ1v) is 9.96. The van der Waals surface area contributed by atoms with Gasteiger partial charge in [-0.3, -0.25) is 4.90 Å². The summed E-state index contributed by atoms with van der Waals surface area (Å²) in [5, 5.41) is 25.0. The molecule has 0 fully saturated rings. The van der Waals surface area contributed by atoms with Crippen molar-refractivity contribution in [2.45, 2.75) is 97.1 Å². The summed E-state index contributed by atoms with van der Waals surface area (Å²) < 4.78 is 0. The van der Waals surface area contributed by atoms with Crippen LogP contribution in [-0.4, -0.2) is 41.5 Å². The van der Waals surface area contributed by atoms with Crippen molar-refractivity contribution in [1.29, 1.82) is 0 Å². The van der Waals surface area contributed by atoms with E-state index in [1.165, 1.54) is 81.4 Å². The number of nitrogens with one attached hydrogen (secondary N) is 1. The van der Waals surface area contributed by atoms with E-state index in [1.54, 1.807) is 0 Å². The summed E-state index contributed by atoms with van der Waals surface area (Å²) in [6, 6.07) is 0. The number of carbonyl (C=O) groups is 1. The van der Waals surface area contributed by atoms with Crippen LogP contribution >= 0.6 is 0 Å². The Morgan fingerprint density at radius 2 is 1.52 bits per heavy atom. The minimum atomic E-state index is -2.08. The summed E-state index contributed by atoms with van der Waals surface area (Å²) in [5.74, 6) is 1.21. The zero-order valence-electron chi connectivity index (χ0n) is 16.1. The highest BCUT2D eigenvalue weighted by Gasteiger charge is 2.25. The number of nitrogens with zero attached hydrogens (tertiary/aromatic N) is 1. The number of carboxylic acid groups (broad SMARTS) is 2. The summed E-state index contributed by atoms with van der Waals surface area (Å²) in [4.78, 5) is 14.2.